The molecule has 2 aromatic rings. The van der Waals surface area contributed by atoms with E-state index in [9.17, 15) is 9.59 Å². The fraction of sp³-hybridized carbons (Fsp3) is 0.312. The van der Waals surface area contributed by atoms with Gasteiger partial charge in [-0.3, -0.25) is 4.79 Å². The maximum atomic E-state index is 11.9. The third-order valence-corrected chi connectivity index (χ3v) is 4.01. The summed E-state index contributed by atoms with van der Waals surface area (Å²) >= 11 is 1.36. The quantitative estimate of drug-likeness (QED) is 0.623. The van der Waals surface area contributed by atoms with Gasteiger partial charge >= 0.3 is 5.97 Å². The van der Waals surface area contributed by atoms with Gasteiger partial charge in [-0.1, -0.05) is 18.7 Å². The number of aryl methyl sites for hydroxylation is 1. The second-order valence-electron chi connectivity index (χ2n) is 4.87. The van der Waals surface area contributed by atoms with Gasteiger partial charge in [-0.2, -0.15) is 0 Å². The SMILES string of the molecule is CCCOC(=O)c1ccc(NC(=O)CSc2nccn2C)cc1. The van der Waals surface area contributed by atoms with Crippen molar-refractivity contribution >= 4 is 29.3 Å². The van der Waals surface area contributed by atoms with Crippen molar-refractivity contribution < 1.29 is 14.3 Å². The molecule has 0 saturated carbocycles. The van der Waals surface area contributed by atoms with Crippen molar-refractivity contribution in [3.05, 3.63) is 42.2 Å². The third-order valence-electron chi connectivity index (χ3n) is 2.95. The van der Waals surface area contributed by atoms with Gasteiger partial charge in [-0.25, -0.2) is 9.78 Å². The van der Waals surface area contributed by atoms with E-state index in [0.29, 0.717) is 17.9 Å². The van der Waals surface area contributed by atoms with Gasteiger partial charge in [0.25, 0.3) is 0 Å². The predicted octanol–water partition coefficient (Wildman–Crippen LogP) is 2.72. The van der Waals surface area contributed by atoms with Crippen LogP contribution in [0.2, 0.25) is 0 Å². The first kappa shape index (κ1) is 17.1. The Morgan fingerprint density at radius 3 is 2.65 bits per heavy atom. The summed E-state index contributed by atoms with van der Waals surface area (Å²) in [5.41, 5.74) is 1.11. The van der Waals surface area contributed by atoms with Crippen LogP contribution in [0.5, 0.6) is 0 Å². The summed E-state index contributed by atoms with van der Waals surface area (Å²) in [6.07, 6.45) is 4.31. The molecule has 1 aromatic heterocycles. The fourth-order valence-electron chi connectivity index (χ4n) is 1.79. The molecule has 0 saturated heterocycles. The van der Waals surface area contributed by atoms with Crippen LogP contribution in [0.1, 0.15) is 23.7 Å². The van der Waals surface area contributed by atoms with Crippen LogP contribution in [0.25, 0.3) is 0 Å². The van der Waals surface area contributed by atoms with E-state index in [1.807, 2.05) is 24.7 Å². The number of thioether (sulfide) groups is 1. The summed E-state index contributed by atoms with van der Waals surface area (Å²) in [6.45, 7) is 2.34. The molecule has 0 radical (unpaired) electrons. The van der Waals surface area contributed by atoms with Crippen molar-refractivity contribution in [3.8, 4) is 0 Å². The molecule has 0 unspecified atom stereocenters. The lowest BCUT2D eigenvalue weighted by molar-refractivity contribution is -0.113. The standard InChI is InChI=1S/C16H19N3O3S/c1-3-10-22-15(21)12-4-6-13(7-5-12)18-14(20)11-23-16-17-8-9-19(16)2/h4-9H,3,10-11H2,1-2H3,(H,18,20). The number of carbonyl (C=O) groups excluding carboxylic acids is 2. The summed E-state index contributed by atoms with van der Waals surface area (Å²) in [6, 6.07) is 6.65. The van der Waals surface area contributed by atoms with Gasteiger partial charge in [0.1, 0.15) is 0 Å². The van der Waals surface area contributed by atoms with E-state index in [0.717, 1.165) is 11.6 Å². The number of nitrogens with one attached hydrogen (secondary N) is 1. The maximum Gasteiger partial charge on any atom is 0.338 e. The number of hydrogen-bond donors (Lipinski definition) is 1. The molecule has 23 heavy (non-hydrogen) atoms. The number of nitrogens with zero attached hydrogens (tertiary/aromatic N) is 2. The average molecular weight is 333 g/mol. The number of hydrogen-bond acceptors (Lipinski definition) is 5. The number of ether oxygens (including phenoxy) is 1. The molecule has 1 heterocycles. The van der Waals surface area contributed by atoms with E-state index < -0.39 is 0 Å². The van der Waals surface area contributed by atoms with E-state index in [4.69, 9.17) is 4.74 Å². The second-order valence-corrected chi connectivity index (χ2v) is 5.81. The number of amides is 1. The van der Waals surface area contributed by atoms with Gasteiger partial charge in [0, 0.05) is 25.1 Å². The lowest BCUT2D eigenvalue weighted by atomic mass is 10.2. The van der Waals surface area contributed by atoms with Crippen LogP contribution in [-0.2, 0) is 16.6 Å². The Balaban J connectivity index is 1.84. The van der Waals surface area contributed by atoms with Gasteiger partial charge in [0.05, 0.1) is 17.9 Å². The molecule has 122 valence electrons. The summed E-state index contributed by atoms with van der Waals surface area (Å²) in [7, 11) is 1.88. The Kier molecular flexibility index (Phi) is 6.22. The monoisotopic (exact) mass is 333 g/mol. The lowest BCUT2D eigenvalue weighted by Gasteiger charge is -2.07. The molecule has 0 atom stereocenters. The van der Waals surface area contributed by atoms with Gasteiger partial charge in [0.2, 0.25) is 5.91 Å². The van der Waals surface area contributed by atoms with Crippen LogP contribution >= 0.6 is 11.8 Å². The highest BCUT2D eigenvalue weighted by Gasteiger charge is 2.09. The van der Waals surface area contributed by atoms with Gasteiger partial charge < -0.3 is 14.6 Å². The van der Waals surface area contributed by atoms with Crippen molar-refractivity contribution in [3.63, 3.8) is 0 Å². The first-order valence-electron chi connectivity index (χ1n) is 7.27. The molecule has 0 aliphatic heterocycles. The molecule has 1 amide bonds. The molecule has 0 spiro atoms. The molecule has 0 aliphatic rings. The molecule has 1 N–H and O–H groups in total. The maximum absolute atomic E-state index is 11.9. The highest BCUT2D eigenvalue weighted by molar-refractivity contribution is 7.99. The minimum absolute atomic E-state index is 0.126. The Morgan fingerprint density at radius 1 is 1.30 bits per heavy atom. The summed E-state index contributed by atoms with van der Waals surface area (Å²) in [5.74, 6) is -0.208. The highest BCUT2D eigenvalue weighted by atomic mass is 32.2. The largest absolute Gasteiger partial charge is 0.462 e. The Morgan fingerprint density at radius 2 is 2.04 bits per heavy atom. The molecular formula is C16H19N3O3S. The zero-order chi connectivity index (χ0) is 16.7. The summed E-state index contributed by atoms with van der Waals surface area (Å²) in [4.78, 5) is 27.7. The van der Waals surface area contributed by atoms with E-state index in [1.165, 1.54) is 11.8 Å². The summed E-state index contributed by atoms with van der Waals surface area (Å²) < 4.78 is 6.91. The number of aromatic nitrogens is 2. The zero-order valence-corrected chi connectivity index (χ0v) is 13.9. The van der Waals surface area contributed by atoms with Gasteiger partial charge in [-0.15, -0.1) is 0 Å². The number of benzene rings is 1. The van der Waals surface area contributed by atoms with Gasteiger partial charge in [0.15, 0.2) is 5.16 Å². The fourth-order valence-corrected chi connectivity index (χ4v) is 2.52. The molecule has 0 fully saturated rings. The van der Waals surface area contributed by atoms with Crippen molar-refractivity contribution in [2.75, 3.05) is 17.7 Å². The van der Waals surface area contributed by atoms with E-state index >= 15 is 0 Å². The molecule has 0 bridgehead atoms. The molecular weight excluding hydrogens is 314 g/mol. The van der Waals surface area contributed by atoms with Crippen LogP contribution in [0.4, 0.5) is 5.69 Å². The molecule has 2 rings (SSSR count). The Bertz CT molecular complexity index is 667. The van der Waals surface area contributed by atoms with E-state index in [-0.39, 0.29) is 17.6 Å². The minimum Gasteiger partial charge on any atom is -0.462 e. The summed E-state index contributed by atoms with van der Waals surface area (Å²) in [5, 5.41) is 3.57. The Hall–Kier alpha value is -2.28. The van der Waals surface area contributed by atoms with E-state index in [1.54, 1.807) is 30.5 Å². The number of imidazole rings is 1. The highest BCUT2D eigenvalue weighted by Crippen LogP contribution is 2.16. The first-order valence-corrected chi connectivity index (χ1v) is 8.26. The predicted molar refractivity (Wildman–Crippen MR) is 89.6 cm³/mol. The first-order chi connectivity index (χ1) is 11.1. The normalized spacial score (nSPS) is 10.3. The van der Waals surface area contributed by atoms with Crippen LogP contribution < -0.4 is 5.32 Å². The number of anilines is 1. The number of carbonyl (C=O) groups is 2. The van der Waals surface area contributed by atoms with Gasteiger partial charge in [-0.05, 0) is 30.7 Å². The minimum atomic E-state index is -0.352. The molecule has 6 nitrogen and oxygen atoms in total. The topological polar surface area (TPSA) is 73.2 Å². The second kappa shape index (κ2) is 8.38. The van der Waals surface area contributed by atoms with Crippen molar-refractivity contribution in [2.45, 2.75) is 18.5 Å². The smallest absolute Gasteiger partial charge is 0.338 e. The zero-order valence-electron chi connectivity index (χ0n) is 13.1. The molecule has 7 heteroatoms. The third kappa shape index (κ3) is 5.14. The average Bonchev–Trinajstić information content (AvgIpc) is 2.96. The number of esters is 1. The van der Waals surface area contributed by atoms with Crippen LogP contribution in [0, 0.1) is 0 Å². The van der Waals surface area contributed by atoms with Crippen molar-refractivity contribution in [2.24, 2.45) is 7.05 Å². The van der Waals surface area contributed by atoms with E-state index in [2.05, 4.69) is 10.3 Å². The molecule has 1 aromatic carbocycles. The van der Waals surface area contributed by atoms with Crippen LogP contribution in [-0.4, -0.2) is 33.8 Å². The van der Waals surface area contributed by atoms with Crippen molar-refractivity contribution in [1.29, 1.82) is 0 Å². The van der Waals surface area contributed by atoms with Crippen LogP contribution in [0.3, 0.4) is 0 Å². The van der Waals surface area contributed by atoms with Crippen molar-refractivity contribution in [1.82, 2.24) is 9.55 Å². The number of rotatable bonds is 7. The molecule has 0 aliphatic carbocycles. The lowest BCUT2D eigenvalue weighted by Crippen LogP contribution is -2.14. The van der Waals surface area contributed by atoms with Crippen LogP contribution in [0.15, 0.2) is 41.8 Å². The Labute approximate surface area is 139 Å².